The van der Waals surface area contributed by atoms with Crippen LogP contribution in [0.5, 0.6) is 0 Å². The van der Waals surface area contributed by atoms with E-state index in [1.807, 2.05) is 0 Å². The molecule has 0 spiro atoms. The van der Waals surface area contributed by atoms with Crippen LogP contribution in [0.25, 0.3) is 0 Å². The Morgan fingerprint density at radius 2 is 2.18 bits per heavy atom. The van der Waals surface area contributed by atoms with Crippen LogP contribution in [0.1, 0.15) is 36.0 Å². The number of nitrogens with one attached hydrogen (secondary N) is 1. The molecule has 1 unspecified atom stereocenters. The van der Waals surface area contributed by atoms with Crippen molar-refractivity contribution in [1.82, 2.24) is 4.90 Å². The predicted octanol–water partition coefficient (Wildman–Crippen LogP) is 1.73. The summed E-state index contributed by atoms with van der Waals surface area (Å²) in [4.78, 5) is 25.1. The zero-order chi connectivity index (χ0) is 15.7. The molecule has 22 heavy (non-hydrogen) atoms. The molecule has 7 heteroatoms. The summed E-state index contributed by atoms with van der Waals surface area (Å²) in [7, 11) is 0. The van der Waals surface area contributed by atoms with Gasteiger partial charge in [0.1, 0.15) is 5.69 Å². The number of likely N-dealkylation sites (tertiary alicyclic amines) is 1. The number of hydrogen-bond acceptors (Lipinski definition) is 5. The number of rotatable bonds is 5. The maximum Gasteiger partial charge on any atom is 0.293 e. The fourth-order valence-corrected chi connectivity index (χ4v) is 2.90. The SMILES string of the molecule is NCC1CCCN1C(=O)c1ccc(NC2CC2)c([N+](=O)[O-])c1. The van der Waals surface area contributed by atoms with Gasteiger partial charge >= 0.3 is 0 Å². The molecule has 2 fully saturated rings. The third-order valence-corrected chi connectivity index (χ3v) is 4.29. The van der Waals surface area contributed by atoms with Gasteiger partial charge in [0.05, 0.1) is 4.92 Å². The molecule has 1 aromatic rings. The Morgan fingerprint density at radius 3 is 2.82 bits per heavy atom. The Morgan fingerprint density at radius 1 is 1.41 bits per heavy atom. The lowest BCUT2D eigenvalue weighted by Crippen LogP contribution is -2.39. The minimum Gasteiger partial charge on any atom is -0.377 e. The molecular weight excluding hydrogens is 284 g/mol. The molecule has 1 heterocycles. The van der Waals surface area contributed by atoms with E-state index in [1.165, 1.54) is 6.07 Å². The number of benzene rings is 1. The number of hydrogen-bond donors (Lipinski definition) is 2. The summed E-state index contributed by atoms with van der Waals surface area (Å²) in [6, 6.07) is 5.03. The van der Waals surface area contributed by atoms with Gasteiger partial charge in [-0.25, -0.2) is 0 Å². The van der Waals surface area contributed by atoms with E-state index in [0.29, 0.717) is 30.4 Å². The van der Waals surface area contributed by atoms with E-state index in [9.17, 15) is 14.9 Å². The highest BCUT2D eigenvalue weighted by atomic mass is 16.6. The number of nitrogens with two attached hydrogens (primary N) is 1. The summed E-state index contributed by atoms with van der Waals surface area (Å²) in [5.74, 6) is -0.172. The van der Waals surface area contributed by atoms with E-state index in [4.69, 9.17) is 5.73 Å². The molecule has 3 N–H and O–H groups in total. The standard InChI is InChI=1S/C15H20N4O3/c16-9-12-2-1-7-18(12)15(20)10-3-6-13(17-11-4-5-11)14(8-10)19(21)22/h3,6,8,11-12,17H,1-2,4-5,7,9,16H2. The maximum absolute atomic E-state index is 12.6. The lowest BCUT2D eigenvalue weighted by atomic mass is 10.1. The number of anilines is 1. The number of carbonyl (C=O) groups is 1. The lowest BCUT2D eigenvalue weighted by molar-refractivity contribution is -0.384. The van der Waals surface area contributed by atoms with Crippen LogP contribution >= 0.6 is 0 Å². The van der Waals surface area contributed by atoms with Gasteiger partial charge in [0.25, 0.3) is 11.6 Å². The topological polar surface area (TPSA) is 102 Å². The van der Waals surface area contributed by atoms with Gasteiger partial charge in [-0.05, 0) is 37.8 Å². The Bertz CT molecular complexity index is 600. The second-order valence-electron chi connectivity index (χ2n) is 5.94. The summed E-state index contributed by atoms with van der Waals surface area (Å²) >= 11 is 0. The van der Waals surface area contributed by atoms with Crippen LogP contribution in [0, 0.1) is 10.1 Å². The summed E-state index contributed by atoms with van der Waals surface area (Å²) in [5, 5.41) is 14.4. The second-order valence-corrected chi connectivity index (χ2v) is 5.94. The average Bonchev–Trinajstić information content (AvgIpc) is 3.20. The molecule has 1 saturated carbocycles. The molecular formula is C15H20N4O3. The molecule has 118 valence electrons. The van der Waals surface area contributed by atoms with E-state index >= 15 is 0 Å². The summed E-state index contributed by atoms with van der Waals surface area (Å²) < 4.78 is 0. The molecule has 1 aromatic carbocycles. The van der Waals surface area contributed by atoms with E-state index in [0.717, 1.165) is 25.7 Å². The minimum atomic E-state index is -0.439. The molecule has 7 nitrogen and oxygen atoms in total. The first kappa shape index (κ1) is 14.8. The van der Waals surface area contributed by atoms with Gasteiger partial charge in [-0.15, -0.1) is 0 Å². The van der Waals surface area contributed by atoms with Gasteiger partial charge in [-0.1, -0.05) is 0 Å². The zero-order valence-electron chi connectivity index (χ0n) is 12.3. The predicted molar refractivity (Wildman–Crippen MR) is 82.9 cm³/mol. The summed E-state index contributed by atoms with van der Waals surface area (Å²) in [6.45, 7) is 1.09. The van der Waals surface area contributed by atoms with Gasteiger partial charge in [-0.2, -0.15) is 0 Å². The molecule has 1 atom stereocenters. The van der Waals surface area contributed by atoms with Crippen LogP contribution in [0.4, 0.5) is 11.4 Å². The largest absolute Gasteiger partial charge is 0.377 e. The van der Waals surface area contributed by atoms with E-state index in [1.54, 1.807) is 17.0 Å². The third kappa shape index (κ3) is 2.89. The smallest absolute Gasteiger partial charge is 0.293 e. The van der Waals surface area contributed by atoms with E-state index < -0.39 is 4.92 Å². The maximum atomic E-state index is 12.6. The first-order valence-electron chi connectivity index (χ1n) is 7.66. The fourth-order valence-electron chi connectivity index (χ4n) is 2.90. The Hall–Kier alpha value is -2.15. The van der Waals surface area contributed by atoms with Crippen molar-refractivity contribution in [2.45, 2.75) is 37.8 Å². The number of carbonyl (C=O) groups excluding carboxylic acids is 1. The first-order valence-corrected chi connectivity index (χ1v) is 7.66. The van der Waals surface area contributed by atoms with Gasteiger partial charge < -0.3 is 16.0 Å². The fraction of sp³-hybridized carbons (Fsp3) is 0.533. The molecule has 0 radical (unpaired) electrons. The van der Waals surface area contributed by atoms with Crippen LogP contribution in [0.2, 0.25) is 0 Å². The number of nitro groups is 1. The third-order valence-electron chi connectivity index (χ3n) is 4.29. The molecule has 1 aliphatic heterocycles. The normalized spacial score (nSPS) is 21.0. The van der Waals surface area contributed by atoms with Gasteiger partial charge in [-0.3, -0.25) is 14.9 Å². The van der Waals surface area contributed by atoms with Crippen LogP contribution in [0.15, 0.2) is 18.2 Å². The number of nitro benzene ring substituents is 1. The molecule has 1 aliphatic carbocycles. The Kier molecular flexibility index (Phi) is 3.98. The van der Waals surface area contributed by atoms with Crippen molar-refractivity contribution in [2.75, 3.05) is 18.4 Å². The molecule has 0 bridgehead atoms. The molecule has 0 aromatic heterocycles. The molecule has 1 amide bonds. The van der Waals surface area contributed by atoms with E-state index in [2.05, 4.69) is 5.32 Å². The minimum absolute atomic E-state index is 0.0378. The van der Waals surface area contributed by atoms with Gasteiger partial charge in [0, 0.05) is 36.8 Å². The zero-order valence-corrected chi connectivity index (χ0v) is 12.3. The van der Waals surface area contributed by atoms with Crippen molar-refractivity contribution in [2.24, 2.45) is 5.73 Å². The molecule has 3 rings (SSSR count). The summed E-state index contributed by atoms with van der Waals surface area (Å²) in [6.07, 6.45) is 3.89. The van der Waals surface area contributed by atoms with E-state index in [-0.39, 0.29) is 17.6 Å². The average molecular weight is 304 g/mol. The van der Waals surface area contributed by atoms with Crippen molar-refractivity contribution in [3.8, 4) is 0 Å². The summed E-state index contributed by atoms with van der Waals surface area (Å²) in [5.41, 5.74) is 6.49. The quantitative estimate of drug-likeness (QED) is 0.637. The monoisotopic (exact) mass is 304 g/mol. The van der Waals surface area contributed by atoms with Gasteiger partial charge in [0.2, 0.25) is 0 Å². The van der Waals surface area contributed by atoms with Crippen LogP contribution in [-0.4, -0.2) is 40.9 Å². The van der Waals surface area contributed by atoms with Crippen LogP contribution in [0.3, 0.4) is 0 Å². The van der Waals surface area contributed by atoms with Crippen molar-refractivity contribution < 1.29 is 9.72 Å². The molecule has 2 aliphatic rings. The van der Waals surface area contributed by atoms with Gasteiger partial charge in [0.15, 0.2) is 0 Å². The van der Waals surface area contributed by atoms with Crippen molar-refractivity contribution in [3.63, 3.8) is 0 Å². The first-order chi connectivity index (χ1) is 10.6. The Balaban J connectivity index is 1.85. The van der Waals surface area contributed by atoms with Crippen molar-refractivity contribution in [1.29, 1.82) is 0 Å². The van der Waals surface area contributed by atoms with Crippen LogP contribution < -0.4 is 11.1 Å². The van der Waals surface area contributed by atoms with Crippen molar-refractivity contribution in [3.05, 3.63) is 33.9 Å². The number of nitrogens with zero attached hydrogens (tertiary/aromatic N) is 2. The lowest BCUT2D eigenvalue weighted by Gasteiger charge is -2.23. The highest BCUT2D eigenvalue weighted by molar-refractivity contribution is 5.96. The Labute approximate surface area is 128 Å². The number of amides is 1. The molecule has 1 saturated heterocycles. The highest BCUT2D eigenvalue weighted by Crippen LogP contribution is 2.32. The van der Waals surface area contributed by atoms with Crippen LogP contribution in [-0.2, 0) is 0 Å². The highest BCUT2D eigenvalue weighted by Gasteiger charge is 2.30. The van der Waals surface area contributed by atoms with Crippen molar-refractivity contribution >= 4 is 17.3 Å². The second kappa shape index (κ2) is 5.92.